The lowest BCUT2D eigenvalue weighted by molar-refractivity contribution is -0.143. The molecule has 0 saturated heterocycles. The molecule has 0 saturated carbocycles. The first kappa shape index (κ1) is 78.3. The van der Waals surface area contributed by atoms with E-state index in [9.17, 15) is 19.8 Å². The zero-order valence-electron chi connectivity index (χ0n) is 54.3. The van der Waals surface area contributed by atoms with Crippen LogP contribution in [0, 0.1) is 0 Å². The van der Waals surface area contributed by atoms with Crippen molar-refractivity contribution in [1.82, 2.24) is 5.32 Å². The van der Waals surface area contributed by atoms with Crippen molar-refractivity contribution in [2.24, 2.45) is 0 Å². The topological polar surface area (TPSA) is 95.9 Å². The number of hydrogen-bond acceptors (Lipinski definition) is 5. The van der Waals surface area contributed by atoms with Crippen molar-refractivity contribution < 1.29 is 24.5 Å². The summed E-state index contributed by atoms with van der Waals surface area (Å²) in [5.41, 5.74) is 0. The van der Waals surface area contributed by atoms with Crippen molar-refractivity contribution in [3.63, 3.8) is 0 Å². The molecule has 0 rings (SSSR count). The van der Waals surface area contributed by atoms with E-state index < -0.39 is 12.1 Å². The van der Waals surface area contributed by atoms with E-state index in [-0.39, 0.29) is 18.5 Å². The molecule has 80 heavy (non-hydrogen) atoms. The third-order valence-corrected chi connectivity index (χ3v) is 17.3. The van der Waals surface area contributed by atoms with Gasteiger partial charge in [-0.05, 0) is 57.8 Å². The Morgan fingerprint density at radius 2 is 0.625 bits per heavy atom. The molecule has 0 aliphatic heterocycles. The first-order valence-corrected chi connectivity index (χ1v) is 36.6. The first-order valence-electron chi connectivity index (χ1n) is 36.6. The summed E-state index contributed by atoms with van der Waals surface area (Å²) in [5.74, 6) is -0.0136. The minimum atomic E-state index is -0.660. The number of aliphatic hydroxyl groups is 2. The van der Waals surface area contributed by atoms with E-state index in [4.69, 9.17) is 4.74 Å². The summed E-state index contributed by atoms with van der Waals surface area (Å²) < 4.78 is 5.50. The molecule has 0 bridgehead atoms. The van der Waals surface area contributed by atoms with Gasteiger partial charge >= 0.3 is 5.97 Å². The van der Waals surface area contributed by atoms with Gasteiger partial charge in [-0.3, -0.25) is 9.59 Å². The van der Waals surface area contributed by atoms with E-state index in [0.29, 0.717) is 25.9 Å². The van der Waals surface area contributed by atoms with E-state index in [1.54, 1.807) is 0 Å². The molecular weight excluding hydrogens is 983 g/mol. The first-order chi connectivity index (χ1) is 39.5. The molecule has 0 aromatic carbocycles. The number of carbonyl (C=O) groups is 2. The van der Waals surface area contributed by atoms with Crippen LogP contribution in [0.5, 0.6) is 0 Å². The number of amides is 1. The zero-order chi connectivity index (χ0) is 57.8. The van der Waals surface area contributed by atoms with Crippen LogP contribution in [0.1, 0.15) is 412 Å². The molecule has 1 amide bonds. The van der Waals surface area contributed by atoms with Crippen LogP contribution in [0.3, 0.4) is 0 Å². The van der Waals surface area contributed by atoms with Gasteiger partial charge in [-0.2, -0.15) is 0 Å². The molecule has 0 aliphatic rings. The highest BCUT2D eigenvalue weighted by molar-refractivity contribution is 5.76. The van der Waals surface area contributed by atoms with Gasteiger partial charge in [-0.25, -0.2) is 0 Å². The highest BCUT2D eigenvalue weighted by atomic mass is 16.5. The normalized spacial score (nSPS) is 12.6. The predicted octanol–water partition coefficient (Wildman–Crippen LogP) is 23.7. The molecule has 0 aliphatic carbocycles. The average Bonchev–Trinajstić information content (AvgIpc) is 3.46. The molecule has 6 heteroatoms. The molecule has 0 spiro atoms. The summed E-state index contributed by atoms with van der Waals surface area (Å²) in [6.45, 7) is 4.96. The number of unbranched alkanes of at least 4 members (excludes halogenated alkanes) is 54. The second-order valence-electron chi connectivity index (χ2n) is 25.3. The van der Waals surface area contributed by atoms with Crippen molar-refractivity contribution in [2.45, 2.75) is 424 Å². The number of carbonyl (C=O) groups excluding carboxylic acids is 2. The van der Waals surface area contributed by atoms with E-state index in [1.807, 2.05) is 0 Å². The monoisotopic (exact) mass is 1130 g/mol. The van der Waals surface area contributed by atoms with Gasteiger partial charge in [0.2, 0.25) is 5.91 Å². The number of ether oxygens (including phenoxy) is 1. The Morgan fingerprint density at radius 3 is 0.975 bits per heavy atom. The molecular formula is C74H143NO5. The predicted molar refractivity (Wildman–Crippen MR) is 352 cm³/mol. The Morgan fingerprint density at radius 1 is 0.350 bits per heavy atom. The Labute approximate surface area is 501 Å². The standard InChI is InChI=1S/C74H143NO5/c1-3-5-7-9-11-13-15-17-19-36-40-44-48-52-56-60-64-68-74(79)80-69-65-61-57-53-49-45-41-38-35-33-31-29-27-25-23-21-20-22-24-26-28-30-32-34-37-39-43-47-51-55-59-63-67-73(78)75-71(70-76)72(77)66-62-58-54-50-46-42-18-16-14-12-10-8-6-4-2/h11,13,17,19,71-72,76-77H,3-10,12,14-16,18,20-70H2,1-2H3,(H,75,78)/b13-11-,19-17-. The molecule has 3 N–H and O–H groups in total. The number of allylic oxidation sites excluding steroid dienone is 4. The maximum absolute atomic E-state index is 12.5. The third-order valence-electron chi connectivity index (χ3n) is 17.3. The maximum atomic E-state index is 12.5. The lowest BCUT2D eigenvalue weighted by atomic mass is 10.0. The van der Waals surface area contributed by atoms with Gasteiger partial charge in [0.05, 0.1) is 25.4 Å². The molecule has 0 heterocycles. The second kappa shape index (κ2) is 69.8. The van der Waals surface area contributed by atoms with Gasteiger partial charge in [0.1, 0.15) is 0 Å². The van der Waals surface area contributed by atoms with Gasteiger partial charge < -0.3 is 20.3 Å². The molecule has 2 unspecified atom stereocenters. The maximum Gasteiger partial charge on any atom is 0.305 e. The summed E-state index contributed by atoms with van der Waals surface area (Å²) in [4.78, 5) is 24.6. The van der Waals surface area contributed by atoms with Crippen LogP contribution in [0.2, 0.25) is 0 Å². The number of nitrogens with one attached hydrogen (secondary N) is 1. The summed E-state index contributed by atoms with van der Waals surface area (Å²) in [6.07, 6.45) is 88.2. The number of hydrogen-bond donors (Lipinski definition) is 3. The van der Waals surface area contributed by atoms with Crippen molar-refractivity contribution in [3.8, 4) is 0 Å². The lowest BCUT2D eigenvalue weighted by Gasteiger charge is -2.22. The minimum Gasteiger partial charge on any atom is -0.466 e. The fraction of sp³-hybridized carbons (Fsp3) is 0.919. The Balaban J connectivity index is 3.31. The van der Waals surface area contributed by atoms with Crippen LogP contribution in [0.15, 0.2) is 24.3 Å². The zero-order valence-corrected chi connectivity index (χ0v) is 54.3. The molecule has 6 nitrogen and oxygen atoms in total. The largest absolute Gasteiger partial charge is 0.466 e. The number of rotatable bonds is 69. The van der Waals surface area contributed by atoms with Gasteiger partial charge in [0, 0.05) is 12.8 Å². The molecule has 0 aromatic heterocycles. The third kappa shape index (κ3) is 65.5. The smallest absolute Gasteiger partial charge is 0.305 e. The summed E-state index contributed by atoms with van der Waals surface area (Å²) in [5, 5.41) is 23.3. The highest BCUT2D eigenvalue weighted by Crippen LogP contribution is 2.19. The van der Waals surface area contributed by atoms with Crippen LogP contribution in [0.25, 0.3) is 0 Å². The summed E-state index contributed by atoms with van der Waals surface area (Å²) in [7, 11) is 0. The Hall–Kier alpha value is -1.66. The average molecular weight is 1130 g/mol. The van der Waals surface area contributed by atoms with Crippen LogP contribution in [0.4, 0.5) is 0 Å². The Kier molecular flexibility index (Phi) is 68.4. The van der Waals surface area contributed by atoms with Crippen molar-refractivity contribution >= 4 is 11.9 Å². The molecule has 0 aromatic rings. The summed E-state index contributed by atoms with van der Waals surface area (Å²) in [6, 6.07) is -0.537. The second-order valence-corrected chi connectivity index (χ2v) is 25.3. The van der Waals surface area contributed by atoms with Crippen LogP contribution < -0.4 is 5.32 Å². The van der Waals surface area contributed by atoms with E-state index in [2.05, 4.69) is 43.5 Å². The fourth-order valence-electron chi connectivity index (χ4n) is 11.7. The molecule has 474 valence electrons. The van der Waals surface area contributed by atoms with E-state index >= 15 is 0 Å². The SMILES string of the molecule is CCCCC/C=C\C/C=C\CCCCCCCCCC(=O)OCCCCCCCCCCCCCCCCCCCCCCCCCCCCCCCCCCC(=O)NC(CO)C(O)CCCCCCCCCCCCCCCC. The quantitative estimate of drug-likeness (QED) is 0.0320. The van der Waals surface area contributed by atoms with Crippen molar-refractivity contribution in [3.05, 3.63) is 24.3 Å². The summed E-state index contributed by atoms with van der Waals surface area (Å²) >= 11 is 0. The number of esters is 1. The number of aliphatic hydroxyl groups excluding tert-OH is 2. The minimum absolute atomic E-state index is 0.0141. The highest BCUT2D eigenvalue weighted by Gasteiger charge is 2.20. The van der Waals surface area contributed by atoms with Crippen LogP contribution in [-0.2, 0) is 14.3 Å². The van der Waals surface area contributed by atoms with Crippen LogP contribution in [-0.4, -0.2) is 47.4 Å². The van der Waals surface area contributed by atoms with Crippen molar-refractivity contribution in [1.29, 1.82) is 0 Å². The van der Waals surface area contributed by atoms with E-state index in [0.717, 1.165) is 51.4 Å². The Bertz CT molecular complexity index is 1250. The van der Waals surface area contributed by atoms with E-state index in [1.165, 1.54) is 327 Å². The molecule has 0 fully saturated rings. The van der Waals surface area contributed by atoms with Gasteiger partial charge in [0.25, 0.3) is 0 Å². The lowest BCUT2D eigenvalue weighted by Crippen LogP contribution is -2.45. The molecule has 0 radical (unpaired) electrons. The van der Waals surface area contributed by atoms with Gasteiger partial charge in [0.15, 0.2) is 0 Å². The van der Waals surface area contributed by atoms with Crippen molar-refractivity contribution in [2.75, 3.05) is 13.2 Å². The molecule has 2 atom stereocenters. The van der Waals surface area contributed by atoms with Crippen LogP contribution >= 0.6 is 0 Å². The van der Waals surface area contributed by atoms with Gasteiger partial charge in [-0.15, -0.1) is 0 Å². The fourth-order valence-corrected chi connectivity index (χ4v) is 11.7. The van der Waals surface area contributed by atoms with Gasteiger partial charge in [-0.1, -0.05) is 366 Å².